The van der Waals surface area contributed by atoms with Crippen LogP contribution in [0.2, 0.25) is 4.34 Å². The summed E-state index contributed by atoms with van der Waals surface area (Å²) in [5.74, 6) is -0.794. The van der Waals surface area contributed by atoms with Gasteiger partial charge in [0, 0.05) is 10.2 Å². The molecule has 3 aromatic rings. The van der Waals surface area contributed by atoms with Crippen LogP contribution in [0.3, 0.4) is 0 Å². The van der Waals surface area contributed by atoms with Crippen LogP contribution in [0.15, 0.2) is 63.3 Å². The van der Waals surface area contributed by atoms with Crippen LogP contribution in [-0.4, -0.2) is 14.3 Å². The van der Waals surface area contributed by atoms with E-state index in [1.807, 2.05) is 0 Å². The number of halogens is 5. The molecular weight excluding hydrogens is 529 g/mol. The number of amides is 1. The van der Waals surface area contributed by atoms with E-state index in [2.05, 4.69) is 26.0 Å². The van der Waals surface area contributed by atoms with Crippen molar-refractivity contribution < 1.29 is 26.4 Å². The average Bonchev–Trinajstić information content (AvgIpc) is 3.10. The van der Waals surface area contributed by atoms with Crippen molar-refractivity contribution in [3.8, 4) is 0 Å². The first kappa shape index (κ1) is 22.6. The van der Waals surface area contributed by atoms with E-state index >= 15 is 0 Å². The lowest BCUT2D eigenvalue weighted by Crippen LogP contribution is -2.18. The molecule has 1 amide bonds. The highest BCUT2D eigenvalue weighted by Gasteiger charge is 2.30. The van der Waals surface area contributed by atoms with Crippen LogP contribution >= 0.6 is 38.9 Å². The van der Waals surface area contributed by atoms with Crippen LogP contribution in [0.25, 0.3) is 0 Å². The van der Waals surface area contributed by atoms with E-state index in [-0.39, 0.29) is 25.5 Å². The number of alkyl halides is 3. The average molecular weight is 540 g/mol. The maximum atomic E-state index is 12.9. The van der Waals surface area contributed by atoms with Crippen molar-refractivity contribution in [1.29, 1.82) is 0 Å². The third-order valence-electron chi connectivity index (χ3n) is 3.73. The fourth-order valence-corrected chi connectivity index (χ4v) is 5.33. The summed E-state index contributed by atoms with van der Waals surface area (Å²) in [6.45, 7) is 0. The van der Waals surface area contributed by atoms with Crippen molar-refractivity contribution in [3.05, 3.63) is 74.5 Å². The van der Waals surface area contributed by atoms with E-state index in [0.717, 1.165) is 29.5 Å². The summed E-state index contributed by atoms with van der Waals surface area (Å²) >= 11 is 9.81. The van der Waals surface area contributed by atoms with Crippen molar-refractivity contribution in [3.63, 3.8) is 0 Å². The minimum absolute atomic E-state index is 0.0489. The van der Waals surface area contributed by atoms with Gasteiger partial charge in [0.2, 0.25) is 0 Å². The fraction of sp³-hybridized carbons (Fsp3) is 0.0556. The van der Waals surface area contributed by atoms with Crippen LogP contribution in [0.5, 0.6) is 0 Å². The SMILES string of the molecule is O=C(Nc1cccc(C(F)(F)F)c1)c1cc(Br)ccc1NS(=O)(=O)c1ccc(Cl)s1. The van der Waals surface area contributed by atoms with Crippen LogP contribution < -0.4 is 10.0 Å². The van der Waals surface area contributed by atoms with Gasteiger partial charge in [0.25, 0.3) is 15.9 Å². The van der Waals surface area contributed by atoms with Gasteiger partial charge in [-0.25, -0.2) is 8.42 Å². The van der Waals surface area contributed by atoms with Gasteiger partial charge in [-0.15, -0.1) is 11.3 Å². The Hall–Kier alpha value is -2.08. The molecule has 1 heterocycles. The van der Waals surface area contributed by atoms with E-state index in [1.54, 1.807) is 0 Å². The third kappa shape index (κ3) is 5.34. The van der Waals surface area contributed by atoms with Crippen molar-refractivity contribution >= 4 is 66.2 Å². The summed E-state index contributed by atoms with van der Waals surface area (Å²) in [7, 11) is -4.02. The molecule has 0 saturated heterocycles. The smallest absolute Gasteiger partial charge is 0.322 e. The first-order valence-electron chi connectivity index (χ1n) is 8.02. The molecule has 2 N–H and O–H groups in total. The van der Waals surface area contributed by atoms with Crippen LogP contribution in [-0.2, 0) is 16.2 Å². The summed E-state index contributed by atoms with van der Waals surface area (Å²) < 4.78 is 66.8. The van der Waals surface area contributed by atoms with Gasteiger partial charge in [0.1, 0.15) is 4.21 Å². The molecule has 1 aromatic heterocycles. The zero-order valence-corrected chi connectivity index (χ0v) is 18.6. The standard InChI is InChI=1S/C18H11BrClF3N2O3S2/c19-11-4-5-14(25-30(27,28)16-7-6-15(20)29-16)13(9-11)17(26)24-12-3-1-2-10(8-12)18(21,22)23/h1-9,25H,(H,24,26). The molecule has 0 aliphatic carbocycles. The molecule has 0 fully saturated rings. The van der Waals surface area contributed by atoms with Crippen molar-refractivity contribution in [2.24, 2.45) is 0 Å². The molecule has 158 valence electrons. The highest BCUT2D eigenvalue weighted by molar-refractivity contribution is 9.10. The first-order chi connectivity index (χ1) is 14.0. The Kier molecular flexibility index (Phi) is 6.46. The lowest BCUT2D eigenvalue weighted by molar-refractivity contribution is -0.137. The first-order valence-corrected chi connectivity index (χ1v) is 11.5. The Bertz CT molecular complexity index is 1210. The summed E-state index contributed by atoms with van der Waals surface area (Å²) in [6.07, 6.45) is -4.57. The van der Waals surface area contributed by atoms with Crippen molar-refractivity contribution in [2.45, 2.75) is 10.4 Å². The monoisotopic (exact) mass is 538 g/mol. The van der Waals surface area contributed by atoms with Gasteiger partial charge in [-0.1, -0.05) is 33.6 Å². The predicted octanol–water partition coefficient (Wildman–Crippen LogP) is 6.24. The Balaban J connectivity index is 1.91. The van der Waals surface area contributed by atoms with E-state index in [0.29, 0.717) is 4.47 Å². The Morgan fingerprint density at radius 3 is 2.43 bits per heavy atom. The third-order valence-corrected chi connectivity index (χ3v) is 7.31. The number of anilines is 2. The number of carbonyl (C=O) groups excluding carboxylic acids is 1. The number of carbonyl (C=O) groups is 1. The quantitative estimate of drug-likeness (QED) is 0.403. The zero-order valence-electron chi connectivity index (χ0n) is 14.6. The number of benzene rings is 2. The minimum Gasteiger partial charge on any atom is -0.322 e. The molecule has 2 aromatic carbocycles. The topological polar surface area (TPSA) is 75.3 Å². The van der Waals surface area contributed by atoms with Gasteiger partial charge < -0.3 is 5.32 Å². The molecule has 3 rings (SSSR count). The van der Waals surface area contributed by atoms with Gasteiger partial charge in [0.15, 0.2) is 0 Å². The molecule has 0 aliphatic heterocycles. The summed E-state index contributed by atoms with van der Waals surface area (Å²) in [5.41, 5.74) is -1.15. The van der Waals surface area contributed by atoms with Crippen molar-refractivity contribution in [2.75, 3.05) is 10.0 Å². The summed E-state index contributed by atoms with van der Waals surface area (Å²) in [6, 6.07) is 11.1. The van der Waals surface area contributed by atoms with Crippen LogP contribution in [0.4, 0.5) is 24.5 Å². The van der Waals surface area contributed by atoms with E-state index in [1.165, 1.54) is 36.4 Å². The number of thiophene rings is 1. The highest BCUT2D eigenvalue weighted by Crippen LogP contribution is 2.32. The van der Waals surface area contributed by atoms with E-state index in [4.69, 9.17) is 11.6 Å². The second-order valence-electron chi connectivity index (χ2n) is 5.89. The number of sulfonamides is 1. The molecule has 0 saturated carbocycles. The van der Waals surface area contributed by atoms with E-state index in [9.17, 15) is 26.4 Å². The fourth-order valence-electron chi connectivity index (χ4n) is 2.40. The maximum absolute atomic E-state index is 12.9. The van der Waals surface area contributed by atoms with Crippen LogP contribution in [0.1, 0.15) is 15.9 Å². The van der Waals surface area contributed by atoms with Crippen LogP contribution in [0, 0.1) is 0 Å². The van der Waals surface area contributed by atoms with E-state index < -0.39 is 27.7 Å². The minimum atomic E-state index is -4.57. The second-order valence-corrected chi connectivity index (χ2v) is 10.4. The highest BCUT2D eigenvalue weighted by atomic mass is 79.9. The molecule has 12 heteroatoms. The Labute approximate surface area is 187 Å². The number of hydrogen-bond acceptors (Lipinski definition) is 4. The molecule has 5 nitrogen and oxygen atoms in total. The second kappa shape index (κ2) is 8.58. The molecule has 0 spiro atoms. The summed E-state index contributed by atoms with van der Waals surface area (Å²) in [4.78, 5) is 12.7. The van der Waals surface area contributed by atoms with Gasteiger partial charge in [-0.3, -0.25) is 9.52 Å². The Morgan fingerprint density at radius 2 is 1.80 bits per heavy atom. The lowest BCUT2D eigenvalue weighted by Gasteiger charge is -2.14. The molecule has 0 atom stereocenters. The molecule has 0 aliphatic rings. The molecule has 0 bridgehead atoms. The molecule has 30 heavy (non-hydrogen) atoms. The maximum Gasteiger partial charge on any atom is 0.416 e. The van der Waals surface area contributed by atoms with Gasteiger partial charge >= 0.3 is 6.18 Å². The largest absolute Gasteiger partial charge is 0.416 e. The van der Waals surface area contributed by atoms with Gasteiger partial charge in [-0.05, 0) is 48.5 Å². The predicted molar refractivity (Wildman–Crippen MR) is 114 cm³/mol. The van der Waals surface area contributed by atoms with Gasteiger partial charge in [-0.2, -0.15) is 13.2 Å². The normalized spacial score (nSPS) is 11.9. The number of hydrogen-bond donors (Lipinski definition) is 2. The Morgan fingerprint density at radius 1 is 1.07 bits per heavy atom. The molecular formula is C18H11BrClF3N2O3S2. The number of rotatable bonds is 5. The zero-order chi connectivity index (χ0) is 22.1. The molecule has 0 radical (unpaired) electrons. The number of nitrogens with one attached hydrogen (secondary N) is 2. The summed E-state index contributed by atoms with van der Waals surface area (Å²) in [5, 5.41) is 2.35. The lowest BCUT2D eigenvalue weighted by atomic mass is 10.1. The van der Waals surface area contributed by atoms with Crippen molar-refractivity contribution in [1.82, 2.24) is 0 Å². The van der Waals surface area contributed by atoms with Gasteiger partial charge in [0.05, 0.1) is 21.2 Å². The molecule has 0 unspecified atom stereocenters.